The highest BCUT2D eigenvalue weighted by molar-refractivity contribution is 5.76. The molecule has 1 aromatic heterocycles. The quantitative estimate of drug-likeness (QED) is 0.731. The van der Waals surface area contributed by atoms with Crippen LogP contribution in [0, 0.1) is 6.92 Å². The summed E-state index contributed by atoms with van der Waals surface area (Å²) in [5.74, 6) is 0. The fourth-order valence-electron chi connectivity index (χ4n) is 1.60. The van der Waals surface area contributed by atoms with Crippen molar-refractivity contribution in [1.29, 1.82) is 0 Å². The van der Waals surface area contributed by atoms with E-state index in [-0.39, 0.29) is 0 Å². The number of carbonyl (C=O) groups excluding carboxylic acids is 1. The minimum atomic E-state index is 0.670. The molecule has 0 aliphatic rings. The summed E-state index contributed by atoms with van der Waals surface area (Å²) in [6.07, 6.45) is 3.28. The second-order valence-corrected chi connectivity index (χ2v) is 3.82. The molecule has 2 nitrogen and oxygen atoms in total. The van der Waals surface area contributed by atoms with E-state index in [0.717, 1.165) is 12.0 Å². The monoisotopic (exact) mass is 211 g/mol. The molecule has 0 bridgehead atoms. The largest absolute Gasteiger partial charge is 0.298 e. The third-order valence-electron chi connectivity index (χ3n) is 2.54. The number of nitrogens with zero attached hydrogens (tertiary/aromatic N) is 1. The Morgan fingerprint density at radius 2 is 1.94 bits per heavy atom. The second-order valence-electron chi connectivity index (χ2n) is 3.82. The van der Waals surface area contributed by atoms with Gasteiger partial charge >= 0.3 is 0 Å². The summed E-state index contributed by atoms with van der Waals surface area (Å²) in [5, 5.41) is 0. The van der Waals surface area contributed by atoms with Gasteiger partial charge in [-0.1, -0.05) is 29.8 Å². The first-order valence-electron chi connectivity index (χ1n) is 5.24. The van der Waals surface area contributed by atoms with Crippen molar-refractivity contribution < 1.29 is 4.79 Å². The molecule has 0 saturated heterocycles. The SMILES string of the molecule is Cc1ccc(Cc2ncccc2C=O)cc1. The van der Waals surface area contributed by atoms with Gasteiger partial charge in [0, 0.05) is 18.2 Å². The zero-order chi connectivity index (χ0) is 11.4. The molecule has 0 atom stereocenters. The number of pyridine rings is 1. The average molecular weight is 211 g/mol. The molecule has 0 unspecified atom stereocenters. The summed E-state index contributed by atoms with van der Waals surface area (Å²) in [6.45, 7) is 2.06. The Hall–Kier alpha value is -1.96. The van der Waals surface area contributed by atoms with Gasteiger partial charge in [-0.15, -0.1) is 0 Å². The van der Waals surface area contributed by atoms with Crippen LogP contribution >= 0.6 is 0 Å². The van der Waals surface area contributed by atoms with E-state index in [1.54, 1.807) is 18.3 Å². The number of aldehydes is 1. The standard InChI is InChI=1S/C14H13NO/c1-11-4-6-12(7-5-11)9-14-13(10-16)3-2-8-15-14/h2-8,10H,9H2,1H3. The molecule has 0 spiro atoms. The summed E-state index contributed by atoms with van der Waals surface area (Å²) in [4.78, 5) is 15.1. The van der Waals surface area contributed by atoms with Crippen LogP contribution in [0.3, 0.4) is 0 Å². The van der Waals surface area contributed by atoms with Gasteiger partial charge in [-0.3, -0.25) is 9.78 Å². The van der Waals surface area contributed by atoms with Gasteiger partial charge in [-0.25, -0.2) is 0 Å². The number of aryl methyl sites for hydroxylation is 1. The van der Waals surface area contributed by atoms with Gasteiger partial charge < -0.3 is 0 Å². The number of hydrogen-bond acceptors (Lipinski definition) is 2. The Balaban J connectivity index is 2.26. The maximum absolute atomic E-state index is 10.8. The van der Waals surface area contributed by atoms with Crippen LogP contribution in [0.15, 0.2) is 42.6 Å². The zero-order valence-electron chi connectivity index (χ0n) is 9.18. The van der Waals surface area contributed by atoms with Crippen LogP contribution in [-0.2, 0) is 6.42 Å². The molecule has 0 aliphatic heterocycles. The van der Waals surface area contributed by atoms with Gasteiger partial charge in [0.15, 0.2) is 6.29 Å². The third-order valence-corrected chi connectivity index (χ3v) is 2.54. The fraction of sp³-hybridized carbons (Fsp3) is 0.143. The molecular formula is C14H13NO. The van der Waals surface area contributed by atoms with Crippen LogP contribution < -0.4 is 0 Å². The Kier molecular flexibility index (Phi) is 3.10. The van der Waals surface area contributed by atoms with Gasteiger partial charge in [0.25, 0.3) is 0 Å². The van der Waals surface area contributed by atoms with Crippen LogP contribution in [0.5, 0.6) is 0 Å². The number of aromatic nitrogens is 1. The molecule has 0 N–H and O–H groups in total. The molecule has 2 rings (SSSR count). The number of benzene rings is 1. The van der Waals surface area contributed by atoms with Crippen molar-refractivity contribution in [2.75, 3.05) is 0 Å². The molecule has 1 aromatic carbocycles. The Morgan fingerprint density at radius 3 is 2.62 bits per heavy atom. The fourth-order valence-corrected chi connectivity index (χ4v) is 1.60. The van der Waals surface area contributed by atoms with E-state index in [1.165, 1.54) is 11.1 Å². The van der Waals surface area contributed by atoms with Crippen LogP contribution in [0.25, 0.3) is 0 Å². The van der Waals surface area contributed by atoms with Crippen LogP contribution in [0.4, 0.5) is 0 Å². The minimum Gasteiger partial charge on any atom is -0.298 e. The summed E-state index contributed by atoms with van der Waals surface area (Å²) in [7, 11) is 0. The summed E-state index contributed by atoms with van der Waals surface area (Å²) in [6, 6.07) is 11.8. The van der Waals surface area contributed by atoms with Crippen molar-refractivity contribution in [2.24, 2.45) is 0 Å². The van der Waals surface area contributed by atoms with E-state index in [4.69, 9.17) is 0 Å². The molecule has 80 valence electrons. The molecule has 0 amide bonds. The van der Waals surface area contributed by atoms with E-state index in [2.05, 4.69) is 36.2 Å². The smallest absolute Gasteiger partial charge is 0.151 e. The summed E-state index contributed by atoms with van der Waals surface area (Å²) >= 11 is 0. The number of carbonyl (C=O) groups is 1. The van der Waals surface area contributed by atoms with Gasteiger partial charge in [-0.2, -0.15) is 0 Å². The summed E-state index contributed by atoms with van der Waals surface area (Å²) in [5.41, 5.74) is 3.91. The van der Waals surface area contributed by atoms with E-state index in [9.17, 15) is 4.79 Å². The van der Waals surface area contributed by atoms with Crippen molar-refractivity contribution in [2.45, 2.75) is 13.3 Å². The van der Waals surface area contributed by atoms with Crippen LogP contribution in [0.2, 0.25) is 0 Å². The maximum atomic E-state index is 10.8. The topological polar surface area (TPSA) is 30.0 Å². The first-order valence-corrected chi connectivity index (χ1v) is 5.24. The predicted octanol–water partition coefficient (Wildman–Crippen LogP) is 2.79. The molecule has 2 heteroatoms. The molecule has 1 heterocycles. The number of hydrogen-bond donors (Lipinski definition) is 0. The molecular weight excluding hydrogens is 198 g/mol. The normalized spacial score (nSPS) is 10.1. The first-order chi connectivity index (χ1) is 7.79. The predicted molar refractivity (Wildman–Crippen MR) is 63.6 cm³/mol. The Morgan fingerprint density at radius 1 is 1.19 bits per heavy atom. The van der Waals surface area contributed by atoms with E-state index >= 15 is 0 Å². The van der Waals surface area contributed by atoms with Crippen molar-refractivity contribution in [3.05, 3.63) is 65.0 Å². The average Bonchev–Trinajstić information content (AvgIpc) is 2.33. The highest BCUT2D eigenvalue weighted by Crippen LogP contribution is 2.11. The first kappa shape index (κ1) is 10.6. The van der Waals surface area contributed by atoms with Crippen molar-refractivity contribution in [3.8, 4) is 0 Å². The molecule has 16 heavy (non-hydrogen) atoms. The van der Waals surface area contributed by atoms with Crippen LogP contribution in [-0.4, -0.2) is 11.3 Å². The lowest BCUT2D eigenvalue weighted by Crippen LogP contribution is -1.97. The maximum Gasteiger partial charge on any atom is 0.151 e. The van der Waals surface area contributed by atoms with Gasteiger partial charge in [0.2, 0.25) is 0 Å². The van der Waals surface area contributed by atoms with E-state index in [1.807, 2.05) is 0 Å². The van der Waals surface area contributed by atoms with E-state index in [0.29, 0.717) is 12.0 Å². The van der Waals surface area contributed by atoms with E-state index < -0.39 is 0 Å². The zero-order valence-corrected chi connectivity index (χ0v) is 9.18. The Bertz CT molecular complexity index is 488. The molecule has 0 radical (unpaired) electrons. The van der Waals surface area contributed by atoms with Crippen molar-refractivity contribution >= 4 is 6.29 Å². The molecule has 0 aliphatic carbocycles. The molecule has 0 saturated carbocycles. The van der Waals surface area contributed by atoms with Crippen molar-refractivity contribution in [1.82, 2.24) is 4.98 Å². The minimum absolute atomic E-state index is 0.670. The lowest BCUT2D eigenvalue weighted by Gasteiger charge is -2.03. The third kappa shape index (κ3) is 2.34. The number of rotatable bonds is 3. The lowest BCUT2D eigenvalue weighted by molar-refractivity contribution is 0.112. The summed E-state index contributed by atoms with van der Waals surface area (Å²) < 4.78 is 0. The lowest BCUT2D eigenvalue weighted by atomic mass is 10.0. The van der Waals surface area contributed by atoms with Gasteiger partial charge in [0.05, 0.1) is 5.69 Å². The molecule has 0 fully saturated rings. The molecule has 2 aromatic rings. The van der Waals surface area contributed by atoms with Crippen LogP contribution in [0.1, 0.15) is 27.2 Å². The van der Waals surface area contributed by atoms with Gasteiger partial charge in [-0.05, 0) is 24.6 Å². The Labute approximate surface area is 95.0 Å². The highest BCUT2D eigenvalue weighted by Gasteiger charge is 2.03. The second kappa shape index (κ2) is 4.71. The van der Waals surface area contributed by atoms with Crippen molar-refractivity contribution in [3.63, 3.8) is 0 Å². The highest BCUT2D eigenvalue weighted by atomic mass is 16.1. The van der Waals surface area contributed by atoms with Gasteiger partial charge in [0.1, 0.15) is 0 Å².